The van der Waals surface area contributed by atoms with E-state index in [1.54, 1.807) is 6.92 Å². The Labute approximate surface area is 92.1 Å². The van der Waals surface area contributed by atoms with Crippen molar-refractivity contribution in [2.45, 2.75) is 16.9 Å². The molecule has 2 aromatic rings. The lowest BCUT2D eigenvalue weighted by molar-refractivity contribution is 0.483. The Kier molecular flexibility index (Phi) is 2.29. The van der Waals surface area contributed by atoms with Crippen LogP contribution in [0.5, 0.6) is 0 Å². The second-order valence-corrected chi connectivity index (χ2v) is 4.99. The van der Waals surface area contributed by atoms with Gasteiger partial charge in [-0.2, -0.15) is 8.42 Å². The molecular weight excluding hydrogens is 236 g/mol. The van der Waals surface area contributed by atoms with E-state index in [1.165, 1.54) is 18.2 Å². The Bertz CT molecular complexity index is 625. The summed E-state index contributed by atoms with van der Waals surface area (Å²) in [5, 5.41) is 1.08. The van der Waals surface area contributed by atoms with Gasteiger partial charge in [-0.25, -0.2) is 0 Å². The maximum absolute atomic E-state index is 10.9. The number of thiol groups is 1. The van der Waals surface area contributed by atoms with Gasteiger partial charge in [0.1, 0.15) is 5.58 Å². The van der Waals surface area contributed by atoms with E-state index in [4.69, 9.17) is 8.97 Å². The highest BCUT2D eigenvalue weighted by Crippen LogP contribution is 2.29. The highest BCUT2D eigenvalue weighted by Gasteiger charge is 2.13. The smallest absolute Gasteiger partial charge is 0.294 e. The van der Waals surface area contributed by atoms with Crippen LogP contribution in [0.1, 0.15) is 5.56 Å². The van der Waals surface area contributed by atoms with Crippen LogP contribution in [0.25, 0.3) is 11.0 Å². The molecule has 0 aliphatic rings. The molecule has 4 nitrogen and oxygen atoms in total. The molecule has 1 N–H and O–H groups in total. The van der Waals surface area contributed by atoms with Gasteiger partial charge < -0.3 is 4.42 Å². The highest BCUT2D eigenvalue weighted by atomic mass is 32.2. The molecule has 1 heterocycles. The predicted molar refractivity (Wildman–Crippen MR) is 58.0 cm³/mol. The molecule has 0 bridgehead atoms. The molecule has 6 heteroatoms. The second-order valence-electron chi connectivity index (χ2n) is 3.17. The largest absolute Gasteiger partial charge is 0.450 e. The average molecular weight is 244 g/mol. The molecule has 1 aromatic carbocycles. The van der Waals surface area contributed by atoms with Gasteiger partial charge in [0.25, 0.3) is 10.1 Å². The molecule has 80 valence electrons. The van der Waals surface area contributed by atoms with Gasteiger partial charge in [0, 0.05) is 10.9 Å². The number of aryl methyl sites for hydroxylation is 1. The van der Waals surface area contributed by atoms with Crippen molar-refractivity contribution in [1.82, 2.24) is 0 Å². The molecule has 2 rings (SSSR count). The summed E-state index contributed by atoms with van der Waals surface area (Å²) in [6.07, 6.45) is 0. The first-order chi connectivity index (χ1) is 6.89. The lowest BCUT2D eigenvalue weighted by Gasteiger charge is -1.96. The molecule has 0 aliphatic carbocycles. The summed E-state index contributed by atoms with van der Waals surface area (Å²) >= 11 is 4.08. The van der Waals surface area contributed by atoms with E-state index in [1.807, 2.05) is 0 Å². The Morgan fingerprint density at radius 3 is 2.67 bits per heavy atom. The van der Waals surface area contributed by atoms with Gasteiger partial charge in [0.05, 0.1) is 4.90 Å². The van der Waals surface area contributed by atoms with Crippen LogP contribution in [0.4, 0.5) is 0 Å². The third kappa shape index (κ3) is 1.75. The number of hydrogen-bond acceptors (Lipinski definition) is 4. The van der Waals surface area contributed by atoms with Crippen LogP contribution in [0.3, 0.4) is 0 Å². The molecule has 0 aliphatic heterocycles. The van der Waals surface area contributed by atoms with Gasteiger partial charge >= 0.3 is 0 Å². The van der Waals surface area contributed by atoms with E-state index in [0.717, 1.165) is 5.56 Å². The Balaban J connectivity index is 2.81. The van der Waals surface area contributed by atoms with Crippen LogP contribution >= 0.6 is 12.6 Å². The Morgan fingerprint density at radius 1 is 1.40 bits per heavy atom. The number of benzene rings is 1. The van der Waals surface area contributed by atoms with Crippen molar-refractivity contribution >= 4 is 33.7 Å². The topological polar surface area (TPSA) is 67.5 Å². The number of furan rings is 1. The average Bonchev–Trinajstić information content (AvgIpc) is 2.41. The van der Waals surface area contributed by atoms with Crippen molar-refractivity contribution in [2.75, 3.05) is 0 Å². The number of hydrogen-bond donors (Lipinski definition) is 2. The van der Waals surface area contributed by atoms with Gasteiger partial charge in [-0.3, -0.25) is 4.55 Å². The fourth-order valence-electron chi connectivity index (χ4n) is 1.35. The summed E-state index contributed by atoms with van der Waals surface area (Å²) < 4.78 is 35.9. The zero-order valence-corrected chi connectivity index (χ0v) is 9.47. The molecule has 1 aromatic heterocycles. The maximum atomic E-state index is 10.9. The second kappa shape index (κ2) is 3.26. The summed E-state index contributed by atoms with van der Waals surface area (Å²) in [5.41, 5.74) is 1.30. The van der Waals surface area contributed by atoms with Crippen LogP contribution < -0.4 is 0 Å². The lowest BCUT2D eigenvalue weighted by atomic mass is 10.2. The maximum Gasteiger partial charge on any atom is 0.294 e. The summed E-state index contributed by atoms with van der Waals surface area (Å²) in [7, 11) is -4.17. The van der Waals surface area contributed by atoms with Crippen molar-refractivity contribution in [3.63, 3.8) is 0 Å². The lowest BCUT2D eigenvalue weighted by Crippen LogP contribution is -1.97. The highest BCUT2D eigenvalue weighted by molar-refractivity contribution is 7.85. The van der Waals surface area contributed by atoms with Crippen molar-refractivity contribution in [3.05, 3.63) is 23.8 Å². The zero-order chi connectivity index (χ0) is 11.2. The van der Waals surface area contributed by atoms with Crippen molar-refractivity contribution < 1.29 is 17.4 Å². The van der Waals surface area contributed by atoms with Crippen LogP contribution in [-0.4, -0.2) is 13.0 Å². The summed E-state index contributed by atoms with van der Waals surface area (Å²) in [5.74, 6) is 0. The minimum Gasteiger partial charge on any atom is -0.450 e. The SMILES string of the molecule is Cc1c(S)oc2ccc(S(=O)(=O)O)cc12. The van der Waals surface area contributed by atoms with E-state index in [2.05, 4.69) is 12.6 Å². The van der Waals surface area contributed by atoms with Gasteiger partial charge in [-0.1, -0.05) is 0 Å². The third-order valence-corrected chi connectivity index (χ3v) is 3.46. The quantitative estimate of drug-likeness (QED) is 0.596. The normalized spacial score (nSPS) is 12.2. The van der Waals surface area contributed by atoms with Crippen LogP contribution in [-0.2, 0) is 10.1 Å². The molecule has 0 atom stereocenters. The van der Waals surface area contributed by atoms with E-state index in [9.17, 15) is 8.42 Å². The van der Waals surface area contributed by atoms with Crippen molar-refractivity contribution in [3.8, 4) is 0 Å². The Hall–Kier alpha value is -0.980. The molecule has 0 saturated carbocycles. The molecule has 0 unspecified atom stereocenters. The van der Waals surface area contributed by atoms with Gasteiger partial charge in [-0.15, -0.1) is 12.6 Å². The molecular formula is C9H8O4S2. The molecule has 0 fully saturated rings. The van der Waals surface area contributed by atoms with Crippen molar-refractivity contribution in [2.24, 2.45) is 0 Å². The van der Waals surface area contributed by atoms with E-state index >= 15 is 0 Å². The summed E-state index contributed by atoms with van der Waals surface area (Å²) in [6.45, 7) is 1.77. The first-order valence-electron chi connectivity index (χ1n) is 4.09. The summed E-state index contributed by atoms with van der Waals surface area (Å²) in [6, 6.07) is 4.14. The van der Waals surface area contributed by atoms with Crippen LogP contribution in [0, 0.1) is 6.92 Å². The van der Waals surface area contributed by atoms with Gasteiger partial charge in [0.2, 0.25) is 0 Å². The Morgan fingerprint density at radius 2 is 2.07 bits per heavy atom. The predicted octanol–water partition coefficient (Wildman–Crippen LogP) is 2.28. The van der Waals surface area contributed by atoms with E-state index in [0.29, 0.717) is 16.1 Å². The van der Waals surface area contributed by atoms with Gasteiger partial charge in [-0.05, 0) is 25.1 Å². The fraction of sp³-hybridized carbons (Fsp3) is 0.111. The molecule has 0 saturated heterocycles. The first kappa shape index (κ1) is 10.5. The van der Waals surface area contributed by atoms with E-state index < -0.39 is 10.1 Å². The monoisotopic (exact) mass is 244 g/mol. The fourth-order valence-corrected chi connectivity index (χ4v) is 2.07. The van der Waals surface area contributed by atoms with Crippen LogP contribution in [0.15, 0.2) is 32.6 Å². The standard InChI is InChI=1S/C9H8O4S2/c1-5-7-4-6(15(10,11)12)2-3-8(7)13-9(5)14/h2-4,14H,1H3,(H,10,11,12). The molecule has 0 spiro atoms. The first-order valence-corrected chi connectivity index (χ1v) is 5.98. The minimum atomic E-state index is -4.17. The third-order valence-electron chi connectivity index (χ3n) is 2.18. The molecule has 15 heavy (non-hydrogen) atoms. The number of rotatable bonds is 1. The minimum absolute atomic E-state index is 0.146. The zero-order valence-electron chi connectivity index (χ0n) is 7.76. The van der Waals surface area contributed by atoms with E-state index in [-0.39, 0.29) is 4.90 Å². The van der Waals surface area contributed by atoms with Gasteiger partial charge in [0.15, 0.2) is 5.09 Å². The van der Waals surface area contributed by atoms with Crippen molar-refractivity contribution in [1.29, 1.82) is 0 Å². The van der Waals surface area contributed by atoms with Crippen LogP contribution in [0.2, 0.25) is 0 Å². The molecule has 0 amide bonds. The summed E-state index contributed by atoms with van der Waals surface area (Å²) in [4.78, 5) is -0.146. The number of fused-ring (bicyclic) bond motifs is 1. The molecule has 0 radical (unpaired) electrons.